The van der Waals surface area contributed by atoms with E-state index in [9.17, 15) is 4.79 Å². The van der Waals surface area contributed by atoms with E-state index in [4.69, 9.17) is 16.3 Å². The summed E-state index contributed by atoms with van der Waals surface area (Å²) in [7, 11) is 0. The SMILES string of the molecule is O=C(OCc1ccc(Cl)s1)c1cccnc1N1CCCC1. The number of esters is 1. The number of nitrogens with zero attached hydrogens (tertiary/aromatic N) is 2. The zero-order valence-corrected chi connectivity index (χ0v) is 13.0. The lowest BCUT2D eigenvalue weighted by atomic mass is 10.2. The van der Waals surface area contributed by atoms with Crippen molar-refractivity contribution in [3.63, 3.8) is 0 Å². The number of ether oxygens (including phenoxy) is 1. The van der Waals surface area contributed by atoms with Crippen LogP contribution in [0.3, 0.4) is 0 Å². The third-order valence-corrected chi connectivity index (χ3v) is 4.59. The van der Waals surface area contributed by atoms with Gasteiger partial charge in [-0.25, -0.2) is 9.78 Å². The Morgan fingerprint density at radius 2 is 2.14 bits per heavy atom. The molecule has 21 heavy (non-hydrogen) atoms. The maximum absolute atomic E-state index is 12.3. The Hall–Kier alpha value is -1.59. The molecule has 2 aromatic rings. The van der Waals surface area contributed by atoms with E-state index >= 15 is 0 Å². The molecule has 1 saturated heterocycles. The van der Waals surface area contributed by atoms with Gasteiger partial charge in [0, 0.05) is 24.2 Å². The molecular formula is C15H15ClN2O2S. The largest absolute Gasteiger partial charge is 0.456 e. The van der Waals surface area contributed by atoms with Gasteiger partial charge in [-0.3, -0.25) is 0 Å². The standard InChI is InChI=1S/C15H15ClN2O2S/c16-13-6-5-11(21-13)10-20-15(19)12-4-3-7-17-14(12)18-8-1-2-9-18/h3-7H,1-2,8-10H2. The number of carbonyl (C=O) groups excluding carboxylic acids is 1. The molecular weight excluding hydrogens is 308 g/mol. The summed E-state index contributed by atoms with van der Waals surface area (Å²) in [5.74, 6) is 0.388. The van der Waals surface area contributed by atoms with Crippen molar-refractivity contribution in [2.45, 2.75) is 19.4 Å². The highest BCUT2D eigenvalue weighted by atomic mass is 35.5. The summed E-state index contributed by atoms with van der Waals surface area (Å²) in [5.41, 5.74) is 0.530. The summed E-state index contributed by atoms with van der Waals surface area (Å²) >= 11 is 7.28. The van der Waals surface area contributed by atoms with Gasteiger partial charge in [0.05, 0.1) is 4.34 Å². The van der Waals surface area contributed by atoms with Crippen molar-refractivity contribution in [2.24, 2.45) is 0 Å². The Labute approximate surface area is 132 Å². The minimum Gasteiger partial charge on any atom is -0.456 e. The van der Waals surface area contributed by atoms with Crippen molar-refractivity contribution in [1.29, 1.82) is 0 Å². The summed E-state index contributed by atoms with van der Waals surface area (Å²) < 4.78 is 6.07. The van der Waals surface area contributed by atoms with Gasteiger partial charge in [0.15, 0.2) is 0 Å². The van der Waals surface area contributed by atoms with Gasteiger partial charge in [-0.1, -0.05) is 11.6 Å². The van der Waals surface area contributed by atoms with Crippen LogP contribution < -0.4 is 4.90 Å². The highest BCUT2D eigenvalue weighted by Crippen LogP contribution is 2.25. The molecule has 0 aromatic carbocycles. The molecule has 0 unspecified atom stereocenters. The smallest absolute Gasteiger partial charge is 0.342 e. The first-order chi connectivity index (χ1) is 10.2. The van der Waals surface area contributed by atoms with Crippen molar-refractivity contribution in [2.75, 3.05) is 18.0 Å². The van der Waals surface area contributed by atoms with E-state index in [1.54, 1.807) is 24.4 Å². The van der Waals surface area contributed by atoms with Gasteiger partial charge in [0.25, 0.3) is 0 Å². The number of aromatic nitrogens is 1. The zero-order chi connectivity index (χ0) is 14.7. The van der Waals surface area contributed by atoms with E-state index in [0.29, 0.717) is 9.90 Å². The lowest BCUT2D eigenvalue weighted by Gasteiger charge is -2.18. The van der Waals surface area contributed by atoms with Crippen molar-refractivity contribution < 1.29 is 9.53 Å². The molecule has 0 saturated carbocycles. The lowest BCUT2D eigenvalue weighted by molar-refractivity contribution is 0.0477. The molecule has 0 N–H and O–H groups in total. The molecule has 4 nitrogen and oxygen atoms in total. The number of halogens is 1. The number of rotatable bonds is 4. The van der Waals surface area contributed by atoms with Crippen LogP contribution >= 0.6 is 22.9 Å². The van der Waals surface area contributed by atoms with Crippen LogP contribution in [0, 0.1) is 0 Å². The first kappa shape index (κ1) is 14.4. The molecule has 1 aliphatic heterocycles. The summed E-state index contributed by atoms with van der Waals surface area (Å²) in [6.45, 7) is 2.13. The maximum Gasteiger partial charge on any atom is 0.342 e. The van der Waals surface area contributed by atoms with E-state index in [1.807, 2.05) is 6.07 Å². The molecule has 1 fully saturated rings. The second-order valence-electron chi connectivity index (χ2n) is 4.85. The Morgan fingerprint density at radius 3 is 2.86 bits per heavy atom. The normalized spacial score (nSPS) is 14.4. The van der Waals surface area contributed by atoms with Gasteiger partial charge in [0.1, 0.15) is 18.0 Å². The minimum atomic E-state index is -0.338. The summed E-state index contributed by atoms with van der Waals surface area (Å²) in [6.07, 6.45) is 3.99. The number of hydrogen-bond acceptors (Lipinski definition) is 5. The average molecular weight is 323 g/mol. The van der Waals surface area contributed by atoms with E-state index in [2.05, 4.69) is 9.88 Å². The number of anilines is 1. The van der Waals surface area contributed by atoms with Crippen LogP contribution in [0.5, 0.6) is 0 Å². The lowest BCUT2D eigenvalue weighted by Crippen LogP contribution is -2.22. The minimum absolute atomic E-state index is 0.241. The Kier molecular flexibility index (Phi) is 4.41. The molecule has 0 radical (unpaired) electrons. The fraction of sp³-hybridized carbons (Fsp3) is 0.333. The molecule has 0 bridgehead atoms. The fourth-order valence-corrected chi connectivity index (χ4v) is 3.38. The van der Waals surface area contributed by atoms with Gasteiger partial charge >= 0.3 is 5.97 Å². The zero-order valence-electron chi connectivity index (χ0n) is 11.4. The van der Waals surface area contributed by atoms with Gasteiger partial charge < -0.3 is 9.64 Å². The van der Waals surface area contributed by atoms with Gasteiger partial charge in [-0.2, -0.15) is 0 Å². The molecule has 0 atom stereocenters. The Bertz CT molecular complexity index is 638. The van der Waals surface area contributed by atoms with Gasteiger partial charge in [-0.15, -0.1) is 11.3 Å². The highest BCUT2D eigenvalue weighted by molar-refractivity contribution is 7.16. The molecule has 3 rings (SSSR count). The van der Waals surface area contributed by atoms with E-state index < -0.39 is 0 Å². The highest BCUT2D eigenvalue weighted by Gasteiger charge is 2.21. The van der Waals surface area contributed by atoms with E-state index in [1.165, 1.54) is 11.3 Å². The number of carbonyl (C=O) groups is 1. The Balaban J connectivity index is 1.72. The average Bonchev–Trinajstić information content (AvgIpc) is 3.16. The predicted octanol–water partition coefficient (Wildman–Crippen LogP) is 3.75. The van der Waals surface area contributed by atoms with Crippen LogP contribution in [0.1, 0.15) is 28.1 Å². The molecule has 2 aromatic heterocycles. The van der Waals surface area contributed by atoms with E-state index in [0.717, 1.165) is 36.6 Å². The quantitative estimate of drug-likeness (QED) is 0.804. The summed E-state index contributed by atoms with van der Waals surface area (Å²) in [5, 5.41) is 0. The van der Waals surface area contributed by atoms with Gasteiger partial charge in [0.2, 0.25) is 0 Å². The fourth-order valence-electron chi connectivity index (χ4n) is 2.38. The first-order valence-corrected chi connectivity index (χ1v) is 8.05. The number of thiophene rings is 1. The summed E-state index contributed by atoms with van der Waals surface area (Å²) in [4.78, 5) is 19.7. The molecule has 110 valence electrons. The molecule has 3 heterocycles. The second kappa shape index (κ2) is 6.45. The molecule has 1 aliphatic rings. The van der Waals surface area contributed by atoms with Crippen molar-refractivity contribution >= 4 is 34.7 Å². The third kappa shape index (κ3) is 3.36. The van der Waals surface area contributed by atoms with Crippen molar-refractivity contribution in [1.82, 2.24) is 4.98 Å². The second-order valence-corrected chi connectivity index (χ2v) is 6.65. The van der Waals surface area contributed by atoms with Crippen molar-refractivity contribution in [3.8, 4) is 0 Å². The molecule has 6 heteroatoms. The van der Waals surface area contributed by atoms with E-state index in [-0.39, 0.29) is 12.6 Å². The monoisotopic (exact) mass is 322 g/mol. The Morgan fingerprint density at radius 1 is 1.33 bits per heavy atom. The molecule has 0 aliphatic carbocycles. The topological polar surface area (TPSA) is 42.4 Å². The maximum atomic E-state index is 12.3. The third-order valence-electron chi connectivity index (χ3n) is 3.39. The predicted molar refractivity (Wildman–Crippen MR) is 84.1 cm³/mol. The summed E-state index contributed by atoms with van der Waals surface area (Å²) in [6, 6.07) is 7.20. The molecule has 0 spiro atoms. The van der Waals surface area contributed by atoms with Crippen LogP contribution in [-0.4, -0.2) is 24.0 Å². The van der Waals surface area contributed by atoms with Crippen LogP contribution in [0.15, 0.2) is 30.5 Å². The number of pyridine rings is 1. The van der Waals surface area contributed by atoms with Crippen LogP contribution in [0.4, 0.5) is 5.82 Å². The number of hydrogen-bond donors (Lipinski definition) is 0. The molecule has 0 amide bonds. The first-order valence-electron chi connectivity index (χ1n) is 6.85. The van der Waals surface area contributed by atoms with Gasteiger partial charge in [-0.05, 0) is 37.1 Å². The van der Waals surface area contributed by atoms with Crippen LogP contribution in [0.2, 0.25) is 4.34 Å². The van der Waals surface area contributed by atoms with Crippen molar-refractivity contribution in [3.05, 3.63) is 45.2 Å². The van der Waals surface area contributed by atoms with Crippen LogP contribution in [-0.2, 0) is 11.3 Å². The van der Waals surface area contributed by atoms with Crippen LogP contribution in [0.25, 0.3) is 0 Å².